The maximum atomic E-state index is 12.3. The number of rotatable bonds is 9. The molecule has 4 aliphatic rings. The predicted molar refractivity (Wildman–Crippen MR) is 174 cm³/mol. The molecule has 45 heavy (non-hydrogen) atoms. The first-order valence-electron chi connectivity index (χ1n) is 16.5. The van der Waals surface area contributed by atoms with E-state index in [-0.39, 0.29) is 12.0 Å². The van der Waals surface area contributed by atoms with Crippen LogP contribution in [0.3, 0.4) is 0 Å². The van der Waals surface area contributed by atoms with Gasteiger partial charge >= 0.3 is 5.97 Å². The maximum Gasteiger partial charge on any atom is 0.312 e. The molecule has 3 aliphatic heterocycles. The molecule has 0 spiro atoms. The Morgan fingerprint density at radius 2 is 1.87 bits per heavy atom. The van der Waals surface area contributed by atoms with Gasteiger partial charge in [-0.15, -0.1) is 0 Å². The van der Waals surface area contributed by atoms with Crippen LogP contribution in [0.4, 0.5) is 5.82 Å². The van der Waals surface area contributed by atoms with Gasteiger partial charge in [0.2, 0.25) is 0 Å². The number of hydrogen-bond donors (Lipinski definition) is 1. The summed E-state index contributed by atoms with van der Waals surface area (Å²) in [5.41, 5.74) is 7.61. The van der Waals surface area contributed by atoms with Crippen molar-refractivity contribution in [3.8, 4) is 17.0 Å². The van der Waals surface area contributed by atoms with Gasteiger partial charge in [0.25, 0.3) is 0 Å². The number of nitrogens with zero attached hydrogens (tertiary/aromatic N) is 3. The molecule has 2 aromatic carbocycles. The number of hydrogen-bond acceptors (Lipinski definition) is 7. The van der Waals surface area contributed by atoms with Gasteiger partial charge in [-0.3, -0.25) is 9.69 Å². The summed E-state index contributed by atoms with van der Waals surface area (Å²) in [7, 11) is 1.64. The molecule has 7 rings (SSSR count). The summed E-state index contributed by atoms with van der Waals surface area (Å²) >= 11 is 0. The number of aryl methyl sites for hydroxylation is 1. The Labute approximate surface area is 266 Å². The summed E-state index contributed by atoms with van der Waals surface area (Å²) in [4.78, 5) is 22.2. The van der Waals surface area contributed by atoms with Crippen LogP contribution < -0.4 is 9.64 Å². The Kier molecular flexibility index (Phi) is 8.31. The maximum absolute atomic E-state index is 12.3. The molecule has 0 amide bonds. The van der Waals surface area contributed by atoms with E-state index in [0.29, 0.717) is 32.2 Å². The predicted octanol–water partition coefficient (Wildman–Crippen LogP) is 5.45. The van der Waals surface area contributed by atoms with Crippen LogP contribution in [0.15, 0.2) is 48.5 Å². The number of aromatic nitrogens is 1. The molecule has 8 heteroatoms. The lowest BCUT2D eigenvalue weighted by molar-refractivity contribution is -0.144. The molecule has 8 nitrogen and oxygen atoms in total. The van der Waals surface area contributed by atoms with E-state index in [2.05, 4.69) is 47.9 Å². The fourth-order valence-corrected chi connectivity index (χ4v) is 8.26. The Balaban J connectivity index is 1.10. The molecule has 1 saturated carbocycles. The lowest BCUT2D eigenvalue weighted by atomic mass is 9.94. The van der Waals surface area contributed by atoms with Crippen LogP contribution in [0, 0.1) is 25.2 Å². The molecular weight excluding hydrogens is 566 g/mol. The zero-order chi connectivity index (χ0) is 31.1. The molecule has 1 N–H and O–H groups in total. The standard InChI is InChI=1S/C37H45N3O5/c1-24-6-4-7-31(32-8-5-9-34(38-32)40-21-28-20-37(28,36(41)42)33(40)23-43-3)35(24)45-22-27-11-10-26-12-16-39(17-13-30(26)25(27)2)29-14-18-44-19-15-29/h4-11,28-29,33H,12-23H2,1-3H3,(H,41,42)/t28-,33+,37+/m0/s1. The van der Waals surface area contributed by atoms with E-state index < -0.39 is 11.4 Å². The third-order valence-corrected chi connectivity index (χ3v) is 11.0. The highest BCUT2D eigenvalue weighted by Crippen LogP contribution is 2.62. The van der Waals surface area contributed by atoms with Gasteiger partial charge in [-0.25, -0.2) is 4.98 Å². The Morgan fingerprint density at radius 1 is 1.07 bits per heavy atom. The van der Waals surface area contributed by atoms with Crippen LogP contribution in [-0.2, 0) is 33.7 Å². The van der Waals surface area contributed by atoms with Gasteiger partial charge in [-0.2, -0.15) is 0 Å². The summed E-state index contributed by atoms with van der Waals surface area (Å²) in [6, 6.07) is 17.2. The van der Waals surface area contributed by atoms with Crippen LogP contribution in [0.2, 0.25) is 0 Å². The fraction of sp³-hybridized carbons (Fsp3) is 0.514. The summed E-state index contributed by atoms with van der Waals surface area (Å²) in [5.74, 6) is 1.02. The van der Waals surface area contributed by atoms with Gasteiger partial charge in [0.15, 0.2) is 0 Å². The number of anilines is 1. The minimum atomic E-state index is -0.736. The third-order valence-electron chi connectivity index (χ3n) is 11.0. The van der Waals surface area contributed by atoms with E-state index in [1.165, 1.54) is 22.3 Å². The normalized spacial score (nSPS) is 25.0. The quantitative estimate of drug-likeness (QED) is 0.342. The second-order valence-electron chi connectivity index (χ2n) is 13.4. The molecule has 0 unspecified atom stereocenters. The largest absolute Gasteiger partial charge is 0.488 e. The zero-order valence-corrected chi connectivity index (χ0v) is 26.8. The number of ether oxygens (including phenoxy) is 3. The van der Waals surface area contributed by atoms with Crippen LogP contribution in [0.5, 0.6) is 5.75 Å². The number of aliphatic carboxylic acids is 1. The van der Waals surface area contributed by atoms with Crippen LogP contribution >= 0.6 is 0 Å². The molecule has 3 atom stereocenters. The number of benzene rings is 2. The summed E-state index contributed by atoms with van der Waals surface area (Å²) in [6.45, 7) is 9.85. The lowest BCUT2D eigenvalue weighted by Crippen LogP contribution is -2.43. The van der Waals surface area contributed by atoms with Crippen molar-refractivity contribution in [3.63, 3.8) is 0 Å². The second-order valence-corrected chi connectivity index (χ2v) is 13.4. The first-order valence-corrected chi connectivity index (χ1v) is 16.5. The average Bonchev–Trinajstić information content (AvgIpc) is 3.76. The first kappa shape index (κ1) is 30.2. The number of para-hydroxylation sites is 1. The van der Waals surface area contributed by atoms with Gasteiger partial charge in [-0.1, -0.05) is 30.3 Å². The molecule has 0 radical (unpaired) electrons. The highest BCUT2D eigenvalue weighted by atomic mass is 16.5. The zero-order valence-electron chi connectivity index (χ0n) is 26.8. The number of fused-ring (bicyclic) bond motifs is 2. The van der Waals surface area contributed by atoms with Crippen molar-refractivity contribution in [2.75, 3.05) is 51.5 Å². The van der Waals surface area contributed by atoms with Gasteiger partial charge < -0.3 is 24.2 Å². The van der Waals surface area contributed by atoms with Crippen LogP contribution in [-0.4, -0.2) is 79.6 Å². The summed E-state index contributed by atoms with van der Waals surface area (Å²) in [5, 5.41) is 10.1. The molecular formula is C37H45N3O5. The fourth-order valence-electron chi connectivity index (χ4n) is 8.26. The number of carboxylic acid groups (broad SMARTS) is 1. The Bertz CT molecular complexity index is 1570. The number of pyridine rings is 1. The number of carboxylic acids is 1. The molecule has 2 saturated heterocycles. The molecule has 3 fully saturated rings. The third kappa shape index (κ3) is 5.51. The van der Waals surface area contributed by atoms with Crippen molar-refractivity contribution in [2.24, 2.45) is 11.3 Å². The number of methoxy groups -OCH3 is 1. The highest BCUT2D eigenvalue weighted by molar-refractivity contribution is 5.82. The van der Waals surface area contributed by atoms with Gasteiger partial charge in [0, 0.05) is 51.6 Å². The molecule has 0 bridgehead atoms. The second kappa shape index (κ2) is 12.4. The van der Waals surface area contributed by atoms with E-state index in [1.54, 1.807) is 7.11 Å². The summed E-state index contributed by atoms with van der Waals surface area (Å²) in [6.07, 6.45) is 5.15. The topological polar surface area (TPSA) is 84.4 Å². The Morgan fingerprint density at radius 3 is 2.67 bits per heavy atom. The first-order chi connectivity index (χ1) is 21.9. The van der Waals surface area contributed by atoms with Crippen molar-refractivity contribution < 1.29 is 24.1 Å². The van der Waals surface area contributed by atoms with Crippen molar-refractivity contribution in [3.05, 3.63) is 76.3 Å². The average molecular weight is 612 g/mol. The molecule has 4 heterocycles. The van der Waals surface area contributed by atoms with Crippen LogP contribution in [0.25, 0.3) is 11.3 Å². The van der Waals surface area contributed by atoms with Gasteiger partial charge in [0.05, 0.1) is 23.8 Å². The monoisotopic (exact) mass is 611 g/mol. The Hall–Kier alpha value is -3.46. The minimum absolute atomic E-state index is 0.132. The van der Waals surface area contributed by atoms with Gasteiger partial charge in [0.1, 0.15) is 18.2 Å². The number of carbonyl (C=O) groups is 1. The summed E-state index contributed by atoms with van der Waals surface area (Å²) < 4.78 is 17.8. The van der Waals surface area contributed by atoms with Crippen molar-refractivity contribution in [1.82, 2.24) is 9.88 Å². The lowest BCUT2D eigenvalue weighted by Gasteiger charge is -2.33. The van der Waals surface area contributed by atoms with E-state index in [4.69, 9.17) is 19.2 Å². The molecule has 238 valence electrons. The smallest absolute Gasteiger partial charge is 0.312 e. The van der Waals surface area contributed by atoms with E-state index in [1.807, 2.05) is 24.3 Å². The minimum Gasteiger partial charge on any atom is -0.488 e. The SMILES string of the molecule is COC[C@H]1N(c2cccc(-c3cccc(C)c3OCc3ccc4c(c3C)CCN(C3CCOCC3)CC4)n2)C[C@@H]2C[C@@]21C(=O)O. The number of piperidine rings is 1. The van der Waals surface area contributed by atoms with Gasteiger partial charge in [-0.05, 0) is 97.9 Å². The van der Waals surface area contributed by atoms with E-state index in [0.717, 1.165) is 80.4 Å². The van der Waals surface area contributed by atoms with Crippen molar-refractivity contribution in [1.29, 1.82) is 0 Å². The van der Waals surface area contributed by atoms with Crippen LogP contribution in [0.1, 0.15) is 47.1 Å². The van der Waals surface area contributed by atoms with E-state index in [9.17, 15) is 9.90 Å². The van der Waals surface area contributed by atoms with Crippen molar-refractivity contribution >= 4 is 11.8 Å². The molecule has 1 aromatic heterocycles. The van der Waals surface area contributed by atoms with E-state index >= 15 is 0 Å². The highest BCUT2D eigenvalue weighted by Gasteiger charge is 2.71. The molecule has 3 aromatic rings. The molecule has 1 aliphatic carbocycles. The van der Waals surface area contributed by atoms with Crippen molar-refractivity contribution in [2.45, 2.75) is 64.6 Å².